The third kappa shape index (κ3) is 8.77. The van der Waals surface area contributed by atoms with E-state index in [1.807, 2.05) is 14.0 Å². The third-order valence-corrected chi connectivity index (χ3v) is 4.12. The van der Waals surface area contributed by atoms with Gasteiger partial charge in [0.2, 0.25) is 0 Å². The van der Waals surface area contributed by atoms with Gasteiger partial charge in [-0.2, -0.15) is 0 Å². The van der Waals surface area contributed by atoms with Crippen LogP contribution < -0.4 is 5.32 Å². The molecular formula is C17H34IN3O2. The van der Waals surface area contributed by atoms with Gasteiger partial charge in [0, 0.05) is 26.7 Å². The van der Waals surface area contributed by atoms with Crippen molar-refractivity contribution in [1.29, 1.82) is 0 Å². The van der Waals surface area contributed by atoms with Crippen LogP contribution >= 0.6 is 24.0 Å². The van der Waals surface area contributed by atoms with Gasteiger partial charge in [0.05, 0.1) is 12.5 Å². The summed E-state index contributed by atoms with van der Waals surface area (Å²) in [5.41, 5.74) is 0. The van der Waals surface area contributed by atoms with Crippen molar-refractivity contribution in [2.45, 2.75) is 52.9 Å². The summed E-state index contributed by atoms with van der Waals surface area (Å²) in [5.74, 6) is 1.76. The number of ether oxygens (including phenoxy) is 1. The predicted molar refractivity (Wildman–Crippen MR) is 106 cm³/mol. The minimum absolute atomic E-state index is 0. The van der Waals surface area contributed by atoms with E-state index in [0.29, 0.717) is 6.61 Å². The van der Waals surface area contributed by atoms with E-state index in [1.54, 1.807) is 0 Å². The first kappa shape index (κ1) is 22.5. The molecule has 0 aliphatic carbocycles. The lowest BCUT2D eigenvalue weighted by Gasteiger charge is -2.33. The summed E-state index contributed by atoms with van der Waals surface area (Å²) < 4.78 is 5.11. The van der Waals surface area contributed by atoms with Gasteiger partial charge in [0.25, 0.3) is 0 Å². The Labute approximate surface area is 158 Å². The number of carbonyl (C=O) groups excluding carboxylic acids is 1. The van der Waals surface area contributed by atoms with Crippen LogP contribution in [0.3, 0.4) is 0 Å². The molecule has 23 heavy (non-hydrogen) atoms. The van der Waals surface area contributed by atoms with E-state index < -0.39 is 0 Å². The molecule has 0 aromatic carbocycles. The number of hydrogen-bond donors (Lipinski definition) is 1. The molecule has 0 atom stereocenters. The number of nitrogens with one attached hydrogen (secondary N) is 1. The average Bonchev–Trinajstić information content (AvgIpc) is 2.51. The molecule has 0 aromatic rings. The van der Waals surface area contributed by atoms with Crippen molar-refractivity contribution in [3.63, 3.8) is 0 Å². The van der Waals surface area contributed by atoms with Gasteiger partial charge in [0.1, 0.15) is 0 Å². The number of unbranched alkanes of at least 4 members (excludes halogenated alkanes) is 1. The molecule has 5 nitrogen and oxygen atoms in total. The van der Waals surface area contributed by atoms with Gasteiger partial charge >= 0.3 is 5.97 Å². The Kier molecular flexibility index (Phi) is 12.5. The summed E-state index contributed by atoms with van der Waals surface area (Å²) in [6, 6.07) is 0. The van der Waals surface area contributed by atoms with Crippen LogP contribution in [0.25, 0.3) is 0 Å². The van der Waals surface area contributed by atoms with E-state index in [4.69, 9.17) is 4.74 Å². The first-order valence-electron chi connectivity index (χ1n) is 8.70. The van der Waals surface area contributed by atoms with E-state index in [9.17, 15) is 4.79 Å². The molecule has 0 radical (unpaired) electrons. The number of hydrogen-bond acceptors (Lipinski definition) is 3. The highest BCUT2D eigenvalue weighted by Crippen LogP contribution is 2.18. The molecule has 6 heteroatoms. The molecule has 1 rings (SSSR count). The van der Waals surface area contributed by atoms with Crippen molar-refractivity contribution < 1.29 is 9.53 Å². The lowest BCUT2D eigenvalue weighted by molar-refractivity contribution is -0.149. The fraction of sp³-hybridized carbons (Fsp3) is 0.882. The minimum atomic E-state index is -0.0428. The number of likely N-dealkylation sites (tertiary alicyclic amines) is 1. The van der Waals surface area contributed by atoms with Gasteiger partial charge in [-0.15, -0.1) is 24.0 Å². The number of rotatable bonds is 7. The van der Waals surface area contributed by atoms with Crippen LogP contribution in [0.5, 0.6) is 0 Å². The van der Waals surface area contributed by atoms with Crippen molar-refractivity contribution in [3.05, 3.63) is 0 Å². The summed E-state index contributed by atoms with van der Waals surface area (Å²) in [6.45, 7) is 9.57. The Morgan fingerprint density at radius 1 is 1.30 bits per heavy atom. The standard InChI is InChI=1S/C17H33N3O2.HI/c1-5-22-16(21)15-9-12-20(13-10-15)17(18-4)19-11-7-6-8-14(2)3;/h14-15H,5-13H2,1-4H3,(H,18,19);1H. The van der Waals surface area contributed by atoms with Gasteiger partial charge in [-0.1, -0.05) is 26.7 Å². The van der Waals surface area contributed by atoms with Gasteiger partial charge in [0.15, 0.2) is 5.96 Å². The number of aliphatic imine (C=N–C) groups is 1. The fourth-order valence-electron chi connectivity index (χ4n) is 2.80. The second kappa shape index (κ2) is 12.8. The van der Waals surface area contributed by atoms with Crippen LogP contribution in [0.15, 0.2) is 4.99 Å². The smallest absolute Gasteiger partial charge is 0.309 e. The molecule has 1 N–H and O–H groups in total. The van der Waals surface area contributed by atoms with E-state index in [1.165, 1.54) is 19.3 Å². The largest absolute Gasteiger partial charge is 0.466 e. The molecule has 0 saturated carbocycles. The van der Waals surface area contributed by atoms with Crippen molar-refractivity contribution in [2.75, 3.05) is 33.3 Å². The number of nitrogens with zero attached hydrogens (tertiary/aromatic N) is 2. The third-order valence-electron chi connectivity index (χ3n) is 4.12. The fourth-order valence-corrected chi connectivity index (χ4v) is 2.80. The maximum Gasteiger partial charge on any atom is 0.309 e. The highest BCUT2D eigenvalue weighted by atomic mass is 127. The Hall–Kier alpha value is -0.530. The summed E-state index contributed by atoms with van der Waals surface area (Å²) in [4.78, 5) is 18.4. The van der Waals surface area contributed by atoms with Crippen LogP contribution in [0.4, 0.5) is 0 Å². The summed E-state index contributed by atoms with van der Waals surface area (Å²) in [7, 11) is 1.83. The predicted octanol–water partition coefficient (Wildman–Crippen LogP) is 3.28. The van der Waals surface area contributed by atoms with Crippen molar-refractivity contribution in [1.82, 2.24) is 10.2 Å². The van der Waals surface area contributed by atoms with Gasteiger partial charge < -0.3 is 15.0 Å². The Morgan fingerprint density at radius 3 is 2.48 bits per heavy atom. The van der Waals surface area contributed by atoms with Crippen molar-refractivity contribution >= 4 is 35.9 Å². The maximum atomic E-state index is 11.8. The number of halogens is 1. The monoisotopic (exact) mass is 439 g/mol. The molecule has 0 aromatic heterocycles. The molecule has 136 valence electrons. The maximum absolute atomic E-state index is 11.8. The molecule has 1 aliphatic heterocycles. The van der Waals surface area contributed by atoms with E-state index in [2.05, 4.69) is 29.1 Å². The van der Waals surface area contributed by atoms with Crippen molar-refractivity contribution in [2.24, 2.45) is 16.8 Å². The molecule has 1 saturated heterocycles. The molecular weight excluding hydrogens is 405 g/mol. The van der Waals surface area contributed by atoms with Gasteiger partial charge in [-0.3, -0.25) is 9.79 Å². The second-order valence-corrected chi connectivity index (χ2v) is 6.38. The van der Waals surface area contributed by atoms with Crippen LogP contribution in [0.1, 0.15) is 52.9 Å². The molecule has 0 amide bonds. The van der Waals surface area contributed by atoms with Crippen LogP contribution in [0, 0.1) is 11.8 Å². The number of esters is 1. The summed E-state index contributed by atoms with van der Waals surface area (Å²) in [5, 5.41) is 3.44. The Bertz CT molecular complexity index is 354. The zero-order valence-corrected chi connectivity index (χ0v) is 17.5. The lowest BCUT2D eigenvalue weighted by atomic mass is 9.97. The van der Waals surface area contributed by atoms with Crippen LogP contribution in [0.2, 0.25) is 0 Å². The average molecular weight is 439 g/mol. The quantitative estimate of drug-likeness (QED) is 0.218. The topological polar surface area (TPSA) is 53.9 Å². The zero-order valence-electron chi connectivity index (χ0n) is 15.1. The first-order chi connectivity index (χ1) is 10.6. The van der Waals surface area contributed by atoms with Gasteiger partial charge in [-0.05, 0) is 32.1 Å². The van der Waals surface area contributed by atoms with Crippen LogP contribution in [-0.2, 0) is 9.53 Å². The van der Waals surface area contributed by atoms with E-state index in [-0.39, 0.29) is 35.9 Å². The number of guanidine groups is 1. The highest BCUT2D eigenvalue weighted by Gasteiger charge is 2.27. The summed E-state index contributed by atoms with van der Waals surface area (Å²) >= 11 is 0. The first-order valence-corrected chi connectivity index (χ1v) is 8.70. The molecule has 0 unspecified atom stereocenters. The van der Waals surface area contributed by atoms with Gasteiger partial charge in [-0.25, -0.2) is 0 Å². The Balaban J connectivity index is 0.00000484. The van der Waals surface area contributed by atoms with E-state index in [0.717, 1.165) is 44.4 Å². The Morgan fingerprint density at radius 2 is 1.96 bits per heavy atom. The number of carbonyl (C=O) groups is 1. The van der Waals surface area contributed by atoms with Crippen LogP contribution in [-0.4, -0.2) is 50.1 Å². The zero-order chi connectivity index (χ0) is 16.4. The molecule has 1 fully saturated rings. The summed E-state index contributed by atoms with van der Waals surface area (Å²) in [6.07, 6.45) is 5.42. The second-order valence-electron chi connectivity index (χ2n) is 6.38. The highest BCUT2D eigenvalue weighted by molar-refractivity contribution is 14.0. The minimum Gasteiger partial charge on any atom is -0.466 e. The SMILES string of the molecule is CCOC(=O)C1CCN(C(=NC)NCCCCC(C)C)CC1.I. The molecule has 1 heterocycles. The lowest BCUT2D eigenvalue weighted by Crippen LogP contribution is -2.46. The van der Waals surface area contributed by atoms with E-state index >= 15 is 0 Å². The molecule has 0 bridgehead atoms. The van der Waals surface area contributed by atoms with Crippen molar-refractivity contribution in [3.8, 4) is 0 Å². The normalized spacial score (nSPS) is 16.2. The molecule has 0 spiro atoms. The molecule has 1 aliphatic rings. The number of piperidine rings is 1.